The van der Waals surface area contributed by atoms with E-state index >= 15 is 0 Å². The number of nitrogens with zero attached hydrogens (tertiary/aromatic N) is 2. The zero-order valence-corrected chi connectivity index (χ0v) is 10.8. The Hall–Kier alpha value is -1.75. The number of amidine groups is 1. The zero-order chi connectivity index (χ0) is 13.1. The highest BCUT2D eigenvalue weighted by atomic mass is 16.5. The van der Waals surface area contributed by atoms with Crippen LogP contribution in [-0.4, -0.2) is 37.3 Å². The van der Waals surface area contributed by atoms with Crippen molar-refractivity contribution in [2.75, 3.05) is 25.1 Å². The van der Waals surface area contributed by atoms with Gasteiger partial charge in [-0.25, -0.2) is 0 Å². The van der Waals surface area contributed by atoms with Gasteiger partial charge in [-0.1, -0.05) is 16.8 Å². The summed E-state index contributed by atoms with van der Waals surface area (Å²) in [4.78, 5) is 2.21. The minimum Gasteiger partial charge on any atom is -0.409 e. The van der Waals surface area contributed by atoms with E-state index in [0.29, 0.717) is 0 Å². The minimum atomic E-state index is 0.148. The van der Waals surface area contributed by atoms with Crippen molar-refractivity contribution in [2.45, 2.75) is 19.4 Å². The fourth-order valence-corrected chi connectivity index (χ4v) is 2.32. The molecule has 1 unspecified atom stereocenters. The molecule has 18 heavy (non-hydrogen) atoms. The standard InChI is InChI=1S/C13H19N3O2/c1-9-3-4-12(11(7-9)13(14)15-17)16-6-5-10(8-16)18-2/h3-4,7,10,17H,5-6,8H2,1-2H3,(H2,14,15). The normalized spacial score (nSPS) is 20.4. The van der Waals surface area contributed by atoms with Crippen molar-refractivity contribution in [3.05, 3.63) is 29.3 Å². The summed E-state index contributed by atoms with van der Waals surface area (Å²) in [6.45, 7) is 3.75. The van der Waals surface area contributed by atoms with Crippen LogP contribution >= 0.6 is 0 Å². The van der Waals surface area contributed by atoms with Crippen LogP contribution in [0.15, 0.2) is 23.4 Å². The maximum Gasteiger partial charge on any atom is 0.172 e. The van der Waals surface area contributed by atoms with E-state index in [9.17, 15) is 0 Å². The first-order chi connectivity index (χ1) is 8.65. The molecule has 1 aromatic carbocycles. The number of methoxy groups -OCH3 is 1. The number of benzene rings is 1. The van der Waals surface area contributed by atoms with E-state index in [4.69, 9.17) is 15.7 Å². The summed E-state index contributed by atoms with van der Waals surface area (Å²) in [5, 5.41) is 12.0. The molecule has 1 atom stereocenters. The van der Waals surface area contributed by atoms with E-state index < -0.39 is 0 Å². The number of rotatable bonds is 3. The highest BCUT2D eigenvalue weighted by Crippen LogP contribution is 2.26. The average Bonchev–Trinajstić information content (AvgIpc) is 2.86. The Labute approximate surface area is 107 Å². The molecule has 1 aromatic rings. The lowest BCUT2D eigenvalue weighted by Crippen LogP contribution is -2.26. The molecule has 1 aliphatic heterocycles. The number of hydrogen-bond acceptors (Lipinski definition) is 4. The Bertz CT molecular complexity index is 460. The smallest absolute Gasteiger partial charge is 0.172 e. The summed E-state index contributed by atoms with van der Waals surface area (Å²) in [6.07, 6.45) is 1.26. The van der Waals surface area contributed by atoms with Crippen molar-refractivity contribution in [3.8, 4) is 0 Å². The summed E-state index contributed by atoms with van der Waals surface area (Å²) < 4.78 is 5.36. The molecular weight excluding hydrogens is 230 g/mol. The highest BCUT2D eigenvalue weighted by molar-refractivity contribution is 6.02. The van der Waals surface area contributed by atoms with Crippen LogP contribution in [0.2, 0.25) is 0 Å². The van der Waals surface area contributed by atoms with Gasteiger partial charge >= 0.3 is 0 Å². The summed E-state index contributed by atoms with van der Waals surface area (Å²) in [5.41, 5.74) is 8.60. The molecule has 0 radical (unpaired) electrons. The van der Waals surface area contributed by atoms with Crippen molar-refractivity contribution in [1.29, 1.82) is 0 Å². The van der Waals surface area contributed by atoms with Crippen molar-refractivity contribution in [3.63, 3.8) is 0 Å². The van der Waals surface area contributed by atoms with Gasteiger partial charge in [0, 0.05) is 31.5 Å². The molecule has 2 rings (SSSR count). The second-order valence-electron chi connectivity index (χ2n) is 4.60. The topological polar surface area (TPSA) is 71.1 Å². The summed E-state index contributed by atoms with van der Waals surface area (Å²) in [7, 11) is 1.73. The molecule has 1 heterocycles. The van der Waals surface area contributed by atoms with Gasteiger partial charge in [0.15, 0.2) is 5.84 Å². The van der Waals surface area contributed by atoms with E-state index in [1.807, 2.05) is 25.1 Å². The summed E-state index contributed by atoms with van der Waals surface area (Å²) in [6, 6.07) is 5.98. The first kappa shape index (κ1) is 12.7. The number of oxime groups is 1. The van der Waals surface area contributed by atoms with Crippen molar-refractivity contribution < 1.29 is 9.94 Å². The van der Waals surface area contributed by atoms with E-state index in [1.54, 1.807) is 7.11 Å². The van der Waals surface area contributed by atoms with E-state index in [-0.39, 0.29) is 11.9 Å². The predicted octanol–water partition coefficient (Wildman–Crippen LogP) is 1.31. The van der Waals surface area contributed by atoms with Gasteiger partial charge in [-0.2, -0.15) is 0 Å². The molecule has 0 aliphatic carbocycles. The first-order valence-corrected chi connectivity index (χ1v) is 6.02. The van der Waals surface area contributed by atoms with Crippen LogP contribution in [0.3, 0.4) is 0 Å². The van der Waals surface area contributed by atoms with E-state index in [2.05, 4.69) is 10.1 Å². The zero-order valence-electron chi connectivity index (χ0n) is 10.8. The van der Waals surface area contributed by atoms with Crippen LogP contribution in [0.1, 0.15) is 17.5 Å². The van der Waals surface area contributed by atoms with Crippen LogP contribution in [0, 0.1) is 6.92 Å². The Morgan fingerprint density at radius 2 is 2.33 bits per heavy atom. The van der Waals surface area contributed by atoms with Crippen LogP contribution in [0.5, 0.6) is 0 Å². The number of ether oxygens (including phenoxy) is 1. The van der Waals surface area contributed by atoms with Gasteiger partial charge in [-0.15, -0.1) is 0 Å². The fourth-order valence-electron chi connectivity index (χ4n) is 2.32. The Morgan fingerprint density at radius 1 is 1.56 bits per heavy atom. The van der Waals surface area contributed by atoms with Gasteiger partial charge in [-0.05, 0) is 25.5 Å². The third-order valence-electron chi connectivity index (χ3n) is 3.35. The number of aryl methyl sites for hydroxylation is 1. The van der Waals surface area contributed by atoms with Gasteiger partial charge in [0.05, 0.1) is 6.10 Å². The SMILES string of the molecule is COC1CCN(c2ccc(C)cc2/C(N)=N/O)C1. The minimum absolute atomic E-state index is 0.148. The molecule has 0 spiro atoms. The number of anilines is 1. The lowest BCUT2D eigenvalue weighted by molar-refractivity contribution is 0.121. The Balaban J connectivity index is 2.33. The summed E-state index contributed by atoms with van der Waals surface area (Å²) in [5.74, 6) is 0.148. The molecule has 1 fully saturated rings. The molecule has 5 heteroatoms. The number of hydrogen-bond donors (Lipinski definition) is 2. The average molecular weight is 249 g/mol. The molecule has 3 N–H and O–H groups in total. The van der Waals surface area contributed by atoms with Crippen LogP contribution < -0.4 is 10.6 Å². The van der Waals surface area contributed by atoms with Crippen LogP contribution in [-0.2, 0) is 4.74 Å². The molecule has 1 saturated heterocycles. The second-order valence-corrected chi connectivity index (χ2v) is 4.60. The Kier molecular flexibility index (Phi) is 3.72. The molecular formula is C13H19N3O2. The van der Waals surface area contributed by atoms with Crippen molar-refractivity contribution in [1.82, 2.24) is 0 Å². The van der Waals surface area contributed by atoms with Gasteiger partial charge in [-0.3, -0.25) is 0 Å². The second kappa shape index (κ2) is 5.27. The largest absolute Gasteiger partial charge is 0.409 e. The van der Waals surface area contributed by atoms with Gasteiger partial charge in [0.25, 0.3) is 0 Å². The maximum absolute atomic E-state index is 8.86. The first-order valence-electron chi connectivity index (χ1n) is 6.02. The molecule has 0 bridgehead atoms. The molecule has 0 amide bonds. The van der Waals surface area contributed by atoms with E-state index in [0.717, 1.165) is 36.3 Å². The monoisotopic (exact) mass is 249 g/mol. The third-order valence-corrected chi connectivity index (χ3v) is 3.35. The predicted molar refractivity (Wildman–Crippen MR) is 71.3 cm³/mol. The van der Waals surface area contributed by atoms with Crippen molar-refractivity contribution in [2.24, 2.45) is 10.9 Å². The molecule has 1 aliphatic rings. The van der Waals surface area contributed by atoms with Gasteiger partial charge in [0.2, 0.25) is 0 Å². The third kappa shape index (κ3) is 2.41. The molecule has 0 aromatic heterocycles. The summed E-state index contributed by atoms with van der Waals surface area (Å²) >= 11 is 0. The molecule has 98 valence electrons. The fraction of sp³-hybridized carbons (Fsp3) is 0.462. The van der Waals surface area contributed by atoms with Crippen LogP contribution in [0.4, 0.5) is 5.69 Å². The van der Waals surface area contributed by atoms with E-state index in [1.165, 1.54) is 0 Å². The van der Waals surface area contributed by atoms with Crippen LogP contribution in [0.25, 0.3) is 0 Å². The quantitative estimate of drug-likeness (QED) is 0.367. The lowest BCUT2D eigenvalue weighted by Gasteiger charge is -2.21. The maximum atomic E-state index is 8.86. The highest BCUT2D eigenvalue weighted by Gasteiger charge is 2.24. The van der Waals surface area contributed by atoms with Gasteiger partial charge < -0.3 is 20.6 Å². The molecule has 5 nitrogen and oxygen atoms in total. The van der Waals surface area contributed by atoms with Gasteiger partial charge in [0.1, 0.15) is 0 Å². The molecule has 0 saturated carbocycles. The number of nitrogens with two attached hydrogens (primary N) is 1. The Morgan fingerprint density at radius 3 is 2.94 bits per heavy atom. The van der Waals surface area contributed by atoms with Crippen molar-refractivity contribution >= 4 is 11.5 Å². The lowest BCUT2D eigenvalue weighted by atomic mass is 10.1.